The molecule has 0 unspecified atom stereocenters. The van der Waals surface area contributed by atoms with Crippen LogP contribution in [0.5, 0.6) is 11.9 Å². The van der Waals surface area contributed by atoms with Gasteiger partial charge >= 0.3 is 6.01 Å². The van der Waals surface area contributed by atoms with Crippen molar-refractivity contribution >= 4 is 17.4 Å². The van der Waals surface area contributed by atoms with Gasteiger partial charge in [0.05, 0.1) is 33.0 Å². The first-order chi connectivity index (χ1) is 32.4. The number of carbonyl (C=O) groups is 1. The van der Waals surface area contributed by atoms with Gasteiger partial charge in [-0.2, -0.15) is 9.97 Å². The number of benzene rings is 6. The van der Waals surface area contributed by atoms with Crippen molar-refractivity contribution in [3.63, 3.8) is 0 Å². The van der Waals surface area contributed by atoms with Crippen molar-refractivity contribution in [3.05, 3.63) is 215 Å². The monoisotopic (exact) mass is 884 g/mol. The molecule has 1 aliphatic heterocycles. The van der Waals surface area contributed by atoms with E-state index in [1.807, 2.05) is 201 Å². The molecule has 3 atom stereocenters. The summed E-state index contributed by atoms with van der Waals surface area (Å²) in [6.07, 6.45) is -2.10. The third kappa shape index (κ3) is 12.5. The van der Waals surface area contributed by atoms with E-state index in [1.165, 1.54) is 0 Å². The van der Waals surface area contributed by atoms with E-state index in [1.54, 1.807) is 0 Å². The smallest absolute Gasteiger partial charge is 0.322 e. The van der Waals surface area contributed by atoms with E-state index in [9.17, 15) is 4.79 Å². The van der Waals surface area contributed by atoms with Crippen molar-refractivity contribution < 1.29 is 33.2 Å². The zero-order valence-corrected chi connectivity index (χ0v) is 37.4. The lowest BCUT2D eigenvalue weighted by Gasteiger charge is -2.45. The van der Waals surface area contributed by atoms with Crippen LogP contribution in [0.3, 0.4) is 0 Å². The maximum atomic E-state index is 14.4. The molecule has 1 N–H and O–H groups in total. The number of anilines is 2. The fourth-order valence-corrected chi connectivity index (χ4v) is 7.61. The quantitative estimate of drug-likeness (QED) is 0.0666. The maximum Gasteiger partial charge on any atom is 0.322 e. The Bertz CT molecular complexity index is 2540. The summed E-state index contributed by atoms with van der Waals surface area (Å²) >= 11 is 0. The van der Waals surface area contributed by atoms with Gasteiger partial charge in [0.15, 0.2) is 5.82 Å². The molecule has 0 fully saturated rings. The summed E-state index contributed by atoms with van der Waals surface area (Å²) in [5.41, 5.74) is 5.03. The predicted octanol–water partition coefficient (Wildman–Crippen LogP) is 10.1. The molecule has 0 spiro atoms. The molecule has 0 bridgehead atoms. The lowest BCUT2D eigenvalue weighted by atomic mass is 9.96. The summed E-state index contributed by atoms with van der Waals surface area (Å²) in [4.78, 5) is 26.1. The number of nitrogens with zero attached hydrogens (tertiary/aromatic N) is 3. The van der Waals surface area contributed by atoms with Gasteiger partial charge in [0.2, 0.25) is 11.8 Å². The zero-order chi connectivity index (χ0) is 45.4. The van der Waals surface area contributed by atoms with Crippen LogP contribution in [0.25, 0.3) is 0 Å². The highest BCUT2D eigenvalue weighted by Gasteiger charge is 2.46. The third-order valence-corrected chi connectivity index (χ3v) is 11.4. The molecule has 0 aliphatic carbocycles. The fraction of sp³-hybridized carbons (Fsp3) is 0.255. The Kier molecular flexibility index (Phi) is 15.8. The van der Waals surface area contributed by atoms with Gasteiger partial charge in [-0.15, -0.1) is 0 Å². The predicted molar refractivity (Wildman–Crippen MR) is 255 cm³/mol. The Hall–Kier alpha value is -6.89. The van der Waals surface area contributed by atoms with Gasteiger partial charge in [-0.25, -0.2) is 0 Å². The van der Waals surface area contributed by atoms with Crippen molar-refractivity contribution in [2.24, 2.45) is 0 Å². The van der Waals surface area contributed by atoms with E-state index in [-0.39, 0.29) is 57.4 Å². The van der Waals surface area contributed by atoms with Crippen LogP contribution in [-0.2, 0) is 63.4 Å². The summed E-state index contributed by atoms with van der Waals surface area (Å²) in [7, 11) is 0. The average molecular weight is 885 g/mol. The normalized spacial score (nSPS) is 14.4. The molecular weight excluding hydrogens is 829 g/mol. The number of hydrogen-bond donors (Lipinski definition) is 1. The first-order valence-corrected chi connectivity index (χ1v) is 22.3. The van der Waals surface area contributed by atoms with E-state index in [0.717, 1.165) is 33.4 Å². The highest BCUT2D eigenvalue weighted by Crippen LogP contribution is 2.42. The highest BCUT2D eigenvalue weighted by atomic mass is 16.6. The number of aromatic nitrogens is 2. The van der Waals surface area contributed by atoms with Crippen LogP contribution in [0.2, 0.25) is 0 Å². The molecule has 2 heterocycles. The average Bonchev–Trinajstić information content (AvgIpc) is 3.36. The number of fused-ring (bicyclic) bond motifs is 1. The van der Waals surface area contributed by atoms with Crippen LogP contribution < -0.4 is 19.7 Å². The summed E-state index contributed by atoms with van der Waals surface area (Å²) < 4.78 is 40.2. The van der Waals surface area contributed by atoms with Crippen LogP contribution in [0, 0.1) is 0 Å². The lowest BCUT2D eigenvalue weighted by molar-refractivity contribution is -0.166. The number of ether oxygens (including phenoxy) is 6. The summed E-state index contributed by atoms with van der Waals surface area (Å²) in [5.74, 6) is 0.323. The van der Waals surface area contributed by atoms with Crippen LogP contribution in [0.15, 0.2) is 182 Å². The molecular formula is C55H56N4O7. The number of nitrogens with one attached hydrogen (secondary N) is 1. The van der Waals surface area contributed by atoms with Crippen molar-refractivity contribution in [2.45, 2.75) is 77.3 Å². The minimum absolute atomic E-state index is 0.0922. The molecule has 7 aromatic rings. The van der Waals surface area contributed by atoms with Gasteiger partial charge in [0.25, 0.3) is 0 Å². The maximum absolute atomic E-state index is 14.4. The molecule has 0 radical (unpaired) electrons. The molecule has 1 amide bonds. The van der Waals surface area contributed by atoms with Gasteiger partial charge in [-0.3, -0.25) is 4.79 Å². The summed E-state index contributed by atoms with van der Waals surface area (Å²) in [6, 6.07) is 59.8. The number of hydrogen-bond acceptors (Lipinski definition) is 10. The van der Waals surface area contributed by atoms with Gasteiger partial charge in [-0.05, 0) is 47.2 Å². The van der Waals surface area contributed by atoms with Gasteiger partial charge in [0.1, 0.15) is 42.8 Å². The first kappa shape index (κ1) is 45.7. The molecule has 66 heavy (non-hydrogen) atoms. The topological polar surface area (TPSA) is 114 Å². The SMILES string of the molecule is CC1(C)C(=O)Nc2c(OCc3ccccc3)nc(OCc3ccccc3)nc2N1C[C@H](OCc1ccccc1)[C@H](OCc1ccccc1)[C@@H](COCc1ccccc1)OCc1ccccc1. The van der Waals surface area contributed by atoms with Gasteiger partial charge in [-0.1, -0.05) is 182 Å². The first-order valence-electron chi connectivity index (χ1n) is 22.3. The molecule has 338 valence electrons. The van der Waals surface area contributed by atoms with E-state index in [0.29, 0.717) is 24.7 Å². The highest BCUT2D eigenvalue weighted by molar-refractivity contribution is 6.06. The molecule has 8 rings (SSSR count). The van der Waals surface area contributed by atoms with Crippen molar-refractivity contribution in [1.82, 2.24) is 9.97 Å². The molecule has 0 saturated carbocycles. The van der Waals surface area contributed by atoms with Gasteiger partial charge in [0, 0.05) is 6.54 Å². The van der Waals surface area contributed by atoms with E-state index in [4.69, 9.17) is 38.4 Å². The van der Waals surface area contributed by atoms with Crippen molar-refractivity contribution in [2.75, 3.05) is 23.4 Å². The van der Waals surface area contributed by atoms with E-state index in [2.05, 4.69) is 5.32 Å². The number of carbonyl (C=O) groups excluding carboxylic acids is 1. The second kappa shape index (κ2) is 22.8. The minimum Gasteiger partial charge on any atom is -0.471 e. The minimum atomic E-state index is -1.16. The Morgan fingerprint density at radius 1 is 0.500 bits per heavy atom. The number of amides is 1. The second-order valence-corrected chi connectivity index (χ2v) is 16.6. The summed E-state index contributed by atoms with van der Waals surface area (Å²) in [5, 5.41) is 3.09. The standard InChI is InChI=1S/C55H56N4O7/c1-55(2)53(60)56-49-51(57-54(66-39-46-31-19-8-20-32-46)58-52(49)65-38-45-29-17-7-18-30-45)59(55)33-47(62-35-42-23-11-4-12-24-42)50(64-37-44-27-15-6-16-28-44)48(63-36-43-25-13-5-14-26-43)40-61-34-41-21-9-3-10-22-41/h3-32,47-48,50H,33-40H2,1-2H3,(H,56,60)/t47-,48+,50-/m0/s1. The van der Waals surface area contributed by atoms with Crippen LogP contribution in [-0.4, -0.2) is 52.9 Å². The van der Waals surface area contributed by atoms with Crippen LogP contribution in [0.4, 0.5) is 11.5 Å². The molecule has 1 aliphatic rings. The Morgan fingerprint density at radius 2 is 0.909 bits per heavy atom. The fourth-order valence-electron chi connectivity index (χ4n) is 7.61. The second-order valence-electron chi connectivity index (χ2n) is 16.6. The van der Waals surface area contributed by atoms with Crippen LogP contribution >= 0.6 is 0 Å². The largest absolute Gasteiger partial charge is 0.471 e. The van der Waals surface area contributed by atoms with Crippen LogP contribution in [0.1, 0.15) is 47.2 Å². The molecule has 0 saturated heterocycles. The van der Waals surface area contributed by atoms with Crippen molar-refractivity contribution in [1.29, 1.82) is 0 Å². The van der Waals surface area contributed by atoms with E-state index >= 15 is 0 Å². The molecule has 11 nitrogen and oxygen atoms in total. The lowest BCUT2D eigenvalue weighted by Crippen LogP contribution is -2.61. The Balaban J connectivity index is 1.20. The van der Waals surface area contributed by atoms with E-state index < -0.39 is 23.9 Å². The molecule has 1 aromatic heterocycles. The Labute approximate surface area is 387 Å². The Morgan fingerprint density at radius 3 is 1.39 bits per heavy atom. The third-order valence-electron chi connectivity index (χ3n) is 11.4. The number of rotatable bonds is 23. The van der Waals surface area contributed by atoms with Crippen molar-refractivity contribution in [3.8, 4) is 11.9 Å². The molecule has 11 heteroatoms. The zero-order valence-electron chi connectivity index (χ0n) is 37.4. The molecule has 6 aromatic carbocycles. The summed E-state index contributed by atoms with van der Waals surface area (Å²) in [6.45, 7) is 5.65. The van der Waals surface area contributed by atoms with Gasteiger partial charge < -0.3 is 38.6 Å².